The second kappa shape index (κ2) is 7.32. The van der Waals surface area contributed by atoms with Crippen LogP contribution in [0.25, 0.3) is 5.82 Å². The van der Waals surface area contributed by atoms with Gasteiger partial charge in [-0.1, -0.05) is 25.4 Å². The molecule has 1 amide bonds. The number of nitrogens with zero attached hydrogens (tertiary/aromatic N) is 3. The molecule has 2 aromatic heterocycles. The van der Waals surface area contributed by atoms with Gasteiger partial charge in [0.1, 0.15) is 5.69 Å². The molecule has 0 radical (unpaired) electrons. The molecule has 130 valence electrons. The van der Waals surface area contributed by atoms with Crippen molar-refractivity contribution in [3.05, 3.63) is 40.3 Å². The van der Waals surface area contributed by atoms with Gasteiger partial charge in [-0.3, -0.25) is 4.79 Å². The molecule has 0 spiro atoms. The van der Waals surface area contributed by atoms with Crippen molar-refractivity contribution in [2.75, 3.05) is 6.54 Å². The number of pyridine rings is 1. The van der Waals surface area contributed by atoms with Gasteiger partial charge in [-0.25, -0.2) is 9.67 Å². The molecule has 0 aliphatic rings. The zero-order chi connectivity index (χ0) is 17.9. The van der Waals surface area contributed by atoms with Crippen LogP contribution in [0.15, 0.2) is 18.2 Å². The van der Waals surface area contributed by atoms with Crippen molar-refractivity contribution in [1.29, 1.82) is 0 Å². The highest BCUT2D eigenvalue weighted by atomic mass is 35.5. The average Bonchev–Trinajstić information content (AvgIpc) is 2.91. The molecule has 0 aliphatic carbocycles. The number of nitrogens with two attached hydrogens (primary N) is 1. The first kappa shape index (κ1) is 18.4. The lowest BCUT2D eigenvalue weighted by Crippen LogP contribution is -2.49. The molecular weight excluding hydrogens is 326 g/mol. The Morgan fingerprint density at radius 1 is 1.33 bits per heavy atom. The maximum Gasteiger partial charge on any atom is 0.271 e. The molecule has 0 atom stereocenters. The summed E-state index contributed by atoms with van der Waals surface area (Å²) in [5.41, 5.74) is 7.80. The van der Waals surface area contributed by atoms with E-state index in [1.807, 2.05) is 33.8 Å². The predicted molar refractivity (Wildman–Crippen MR) is 95.7 cm³/mol. The van der Waals surface area contributed by atoms with Crippen molar-refractivity contribution in [1.82, 2.24) is 20.1 Å². The number of halogens is 1. The lowest BCUT2D eigenvalue weighted by Gasteiger charge is -2.26. The Balaban J connectivity index is 2.25. The van der Waals surface area contributed by atoms with Crippen LogP contribution in [0.4, 0.5) is 0 Å². The molecule has 2 aromatic rings. The monoisotopic (exact) mass is 349 g/mol. The zero-order valence-corrected chi connectivity index (χ0v) is 15.3. The second-order valence-corrected chi connectivity index (χ2v) is 6.50. The number of hydrogen-bond donors (Lipinski definition) is 2. The van der Waals surface area contributed by atoms with Gasteiger partial charge in [0.2, 0.25) is 0 Å². The summed E-state index contributed by atoms with van der Waals surface area (Å²) in [6, 6.07) is 5.34. The molecule has 6 nitrogen and oxygen atoms in total. The lowest BCUT2D eigenvalue weighted by atomic mass is 9.94. The van der Waals surface area contributed by atoms with E-state index in [-0.39, 0.29) is 11.6 Å². The maximum absolute atomic E-state index is 12.5. The summed E-state index contributed by atoms with van der Waals surface area (Å²) in [4.78, 5) is 16.9. The van der Waals surface area contributed by atoms with Crippen molar-refractivity contribution in [3.8, 4) is 5.82 Å². The fourth-order valence-corrected chi connectivity index (χ4v) is 2.60. The first-order valence-corrected chi connectivity index (χ1v) is 8.44. The average molecular weight is 350 g/mol. The van der Waals surface area contributed by atoms with Crippen LogP contribution in [-0.2, 0) is 0 Å². The standard InChI is InChI=1S/C17H24ClN5O/c1-5-17(19,6-2)10-20-16(24)15-13(18)7-8-14(21-15)23-12(4)9-11(3)22-23/h7-9H,5-6,10,19H2,1-4H3,(H,20,24). The van der Waals surface area contributed by atoms with E-state index in [1.54, 1.807) is 16.8 Å². The minimum atomic E-state index is -0.421. The van der Waals surface area contributed by atoms with Gasteiger partial charge in [-0.2, -0.15) is 5.10 Å². The highest BCUT2D eigenvalue weighted by Gasteiger charge is 2.23. The van der Waals surface area contributed by atoms with Crippen molar-refractivity contribution < 1.29 is 4.79 Å². The molecule has 3 N–H and O–H groups in total. The van der Waals surface area contributed by atoms with E-state index in [0.717, 1.165) is 24.2 Å². The third-order valence-electron chi connectivity index (χ3n) is 4.28. The molecular formula is C17H24ClN5O. The van der Waals surface area contributed by atoms with E-state index in [2.05, 4.69) is 15.4 Å². The number of carbonyl (C=O) groups is 1. The summed E-state index contributed by atoms with van der Waals surface area (Å²) in [6.07, 6.45) is 1.55. The van der Waals surface area contributed by atoms with Crippen LogP contribution in [0.2, 0.25) is 5.02 Å². The normalized spacial score (nSPS) is 11.6. The van der Waals surface area contributed by atoms with Gasteiger partial charge in [0.15, 0.2) is 5.82 Å². The van der Waals surface area contributed by atoms with Gasteiger partial charge >= 0.3 is 0 Å². The van der Waals surface area contributed by atoms with Gasteiger partial charge in [0.05, 0.1) is 10.7 Å². The van der Waals surface area contributed by atoms with E-state index in [9.17, 15) is 4.79 Å². The van der Waals surface area contributed by atoms with Crippen LogP contribution in [0.1, 0.15) is 48.6 Å². The summed E-state index contributed by atoms with van der Waals surface area (Å²) < 4.78 is 1.69. The van der Waals surface area contributed by atoms with Crippen LogP contribution < -0.4 is 11.1 Å². The molecule has 7 heteroatoms. The molecule has 0 saturated heterocycles. The van der Waals surface area contributed by atoms with Gasteiger partial charge in [0, 0.05) is 17.8 Å². The number of carbonyl (C=O) groups excluding carboxylic acids is 1. The fourth-order valence-electron chi connectivity index (χ4n) is 2.41. The number of rotatable bonds is 6. The summed E-state index contributed by atoms with van der Waals surface area (Å²) in [5.74, 6) is 0.222. The Kier molecular flexibility index (Phi) is 5.62. The Labute approximate surface area is 147 Å². The minimum Gasteiger partial charge on any atom is -0.349 e. The number of hydrogen-bond acceptors (Lipinski definition) is 4. The van der Waals surface area contributed by atoms with Crippen molar-refractivity contribution in [2.24, 2.45) is 5.73 Å². The quantitative estimate of drug-likeness (QED) is 0.839. The Hall–Kier alpha value is -1.92. The summed E-state index contributed by atoms with van der Waals surface area (Å²) >= 11 is 6.16. The summed E-state index contributed by atoms with van der Waals surface area (Å²) in [6.45, 7) is 8.22. The smallest absolute Gasteiger partial charge is 0.271 e. The topological polar surface area (TPSA) is 85.8 Å². The first-order chi connectivity index (χ1) is 11.3. The van der Waals surface area contributed by atoms with Gasteiger partial charge < -0.3 is 11.1 Å². The molecule has 0 fully saturated rings. The number of aryl methyl sites for hydroxylation is 2. The van der Waals surface area contributed by atoms with Gasteiger partial charge in [-0.05, 0) is 44.9 Å². The molecule has 0 aromatic carbocycles. The van der Waals surface area contributed by atoms with E-state index in [1.165, 1.54) is 0 Å². The van der Waals surface area contributed by atoms with Crippen molar-refractivity contribution in [2.45, 2.75) is 46.1 Å². The van der Waals surface area contributed by atoms with Gasteiger partial charge in [0.25, 0.3) is 5.91 Å². The van der Waals surface area contributed by atoms with Crippen LogP contribution in [0.5, 0.6) is 0 Å². The van der Waals surface area contributed by atoms with Gasteiger partial charge in [-0.15, -0.1) is 0 Å². The molecule has 0 saturated carbocycles. The van der Waals surface area contributed by atoms with E-state index in [4.69, 9.17) is 17.3 Å². The zero-order valence-electron chi connectivity index (χ0n) is 14.6. The highest BCUT2D eigenvalue weighted by molar-refractivity contribution is 6.33. The fraction of sp³-hybridized carbons (Fsp3) is 0.471. The van der Waals surface area contributed by atoms with E-state index in [0.29, 0.717) is 17.4 Å². The Morgan fingerprint density at radius 2 is 2.00 bits per heavy atom. The van der Waals surface area contributed by atoms with E-state index >= 15 is 0 Å². The number of aromatic nitrogens is 3. The Morgan fingerprint density at radius 3 is 2.54 bits per heavy atom. The predicted octanol–water partition coefficient (Wildman–Crippen LogP) is 2.78. The summed E-state index contributed by atoms with van der Waals surface area (Å²) in [5, 5.41) is 7.52. The summed E-state index contributed by atoms with van der Waals surface area (Å²) in [7, 11) is 0. The first-order valence-electron chi connectivity index (χ1n) is 8.07. The van der Waals surface area contributed by atoms with Crippen molar-refractivity contribution >= 4 is 17.5 Å². The largest absolute Gasteiger partial charge is 0.349 e. The third-order valence-corrected chi connectivity index (χ3v) is 4.59. The van der Waals surface area contributed by atoms with Crippen molar-refractivity contribution in [3.63, 3.8) is 0 Å². The number of amides is 1. The van der Waals surface area contributed by atoms with Crippen LogP contribution in [0.3, 0.4) is 0 Å². The molecule has 0 aliphatic heterocycles. The molecule has 2 heterocycles. The third kappa shape index (κ3) is 3.94. The number of nitrogens with one attached hydrogen (secondary N) is 1. The maximum atomic E-state index is 12.5. The molecule has 0 bridgehead atoms. The SMILES string of the molecule is CCC(N)(CC)CNC(=O)c1nc(-n2nc(C)cc2C)ccc1Cl. The van der Waals surface area contributed by atoms with Crippen LogP contribution in [0, 0.1) is 13.8 Å². The molecule has 0 unspecified atom stereocenters. The highest BCUT2D eigenvalue weighted by Crippen LogP contribution is 2.18. The lowest BCUT2D eigenvalue weighted by molar-refractivity contribution is 0.0937. The second-order valence-electron chi connectivity index (χ2n) is 6.09. The van der Waals surface area contributed by atoms with Crippen LogP contribution >= 0.6 is 11.6 Å². The Bertz CT molecular complexity index is 737. The molecule has 24 heavy (non-hydrogen) atoms. The molecule has 2 rings (SSSR count). The van der Waals surface area contributed by atoms with Crippen LogP contribution in [-0.4, -0.2) is 32.8 Å². The minimum absolute atomic E-state index is 0.177. The van der Waals surface area contributed by atoms with E-state index < -0.39 is 5.54 Å².